The third-order valence-corrected chi connectivity index (χ3v) is 2.92. The normalized spacial score (nSPS) is 20.9. The Labute approximate surface area is 102 Å². The lowest BCUT2D eigenvalue weighted by Crippen LogP contribution is -2.48. The molecule has 1 heterocycles. The molecular weight excluding hydrogens is 224 g/mol. The first-order chi connectivity index (χ1) is 8.14. The first kappa shape index (κ1) is 14.4. The maximum absolute atomic E-state index is 11.9. The van der Waals surface area contributed by atoms with E-state index in [0.29, 0.717) is 32.7 Å². The molecule has 1 N–H and O–H groups in total. The van der Waals surface area contributed by atoms with Gasteiger partial charge in [0.05, 0.1) is 19.8 Å². The molecule has 0 aromatic carbocycles. The van der Waals surface area contributed by atoms with Crippen molar-refractivity contribution in [3.05, 3.63) is 0 Å². The van der Waals surface area contributed by atoms with Crippen LogP contribution in [0.2, 0.25) is 0 Å². The number of ether oxygens (including phenoxy) is 3. The monoisotopic (exact) mass is 246 g/mol. The van der Waals surface area contributed by atoms with Crippen molar-refractivity contribution >= 4 is 5.97 Å². The van der Waals surface area contributed by atoms with Crippen LogP contribution in [0.4, 0.5) is 0 Å². The van der Waals surface area contributed by atoms with Crippen molar-refractivity contribution < 1.29 is 24.1 Å². The lowest BCUT2D eigenvalue weighted by Gasteiger charge is -2.38. The number of esters is 1. The van der Waals surface area contributed by atoms with Crippen LogP contribution in [0.1, 0.15) is 33.1 Å². The average molecular weight is 246 g/mol. The number of carbonyl (C=O) groups is 1. The predicted molar refractivity (Wildman–Crippen MR) is 61.4 cm³/mol. The SMILES string of the molecule is CCOC(=O)C(CCCO)C1(C)OCCCO1. The number of aliphatic hydroxyl groups excluding tert-OH is 1. The molecule has 1 fully saturated rings. The van der Waals surface area contributed by atoms with Gasteiger partial charge in [0.25, 0.3) is 0 Å². The van der Waals surface area contributed by atoms with Crippen molar-refractivity contribution in [2.75, 3.05) is 26.4 Å². The number of hydrogen-bond donors (Lipinski definition) is 1. The summed E-state index contributed by atoms with van der Waals surface area (Å²) in [6, 6.07) is 0. The molecule has 1 aliphatic rings. The van der Waals surface area contributed by atoms with Crippen molar-refractivity contribution in [2.24, 2.45) is 5.92 Å². The van der Waals surface area contributed by atoms with Gasteiger partial charge in [-0.25, -0.2) is 0 Å². The largest absolute Gasteiger partial charge is 0.466 e. The summed E-state index contributed by atoms with van der Waals surface area (Å²) in [7, 11) is 0. The molecule has 1 unspecified atom stereocenters. The summed E-state index contributed by atoms with van der Waals surface area (Å²) in [4.78, 5) is 11.9. The first-order valence-electron chi connectivity index (χ1n) is 6.19. The molecule has 100 valence electrons. The molecule has 0 amide bonds. The Kier molecular flexibility index (Phi) is 5.88. The van der Waals surface area contributed by atoms with E-state index < -0.39 is 11.7 Å². The van der Waals surface area contributed by atoms with E-state index in [1.165, 1.54) is 0 Å². The van der Waals surface area contributed by atoms with Crippen LogP contribution >= 0.6 is 0 Å². The van der Waals surface area contributed by atoms with Gasteiger partial charge in [-0.05, 0) is 33.1 Å². The van der Waals surface area contributed by atoms with Crippen LogP contribution in [0.3, 0.4) is 0 Å². The third kappa shape index (κ3) is 3.94. The highest BCUT2D eigenvalue weighted by atomic mass is 16.7. The lowest BCUT2D eigenvalue weighted by molar-refractivity contribution is -0.283. The number of carbonyl (C=O) groups excluding carboxylic acids is 1. The summed E-state index contributed by atoms with van der Waals surface area (Å²) >= 11 is 0. The van der Waals surface area contributed by atoms with Crippen LogP contribution in [0.25, 0.3) is 0 Å². The maximum atomic E-state index is 11.9. The fourth-order valence-corrected chi connectivity index (χ4v) is 1.98. The Balaban J connectivity index is 2.68. The summed E-state index contributed by atoms with van der Waals surface area (Å²) < 4.78 is 16.2. The molecular formula is C12H22O5. The van der Waals surface area contributed by atoms with E-state index in [0.717, 1.165) is 6.42 Å². The zero-order chi connectivity index (χ0) is 12.7. The highest BCUT2D eigenvalue weighted by Gasteiger charge is 2.43. The van der Waals surface area contributed by atoms with Gasteiger partial charge in [0, 0.05) is 6.61 Å². The zero-order valence-electron chi connectivity index (χ0n) is 10.6. The standard InChI is InChI=1S/C12H22O5/c1-3-15-11(14)10(6-4-7-13)12(2)16-8-5-9-17-12/h10,13H,3-9H2,1-2H3. The van der Waals surface area contributed by atoms with E-state index in [1.807, 2.05) is 0 Å². The predicted octanol–water partition coefficient (Wildman–Crippen LogP) is 1.09. The molecule has 1 aliphatic heterocycles. The fourth-order valence-electron chi connectivity index (χ4n) is 1.98. The highest BCUT2D eigenvalue weighted by molar-refractivity contribution is 5.73. The van der Waals surface area contributed by atoms with Crippen molar-refractivity contribution in [1.82, 2.24) is 0 Å². The summed E-state index contributed by atoms with van der Waals surface area (Å²) in [5, 5.41) is 8.88. The average Bonchev–Trinajstić information content (AvgIpc) is 2.30. The minimum absolute atomic E-state index is 0.0476. The van der Waals surface area contributed by atoms with E-state index in [4.69, 9.17) is 19.3 Å². The second kappa shape index (κ2) is 6.93. The molecule has 1 saturated heterocycles. The maximum Gasteiger partial charge on any atom is 0.314 e. The van der Waals surface area contributed by atoms with Gasteiger partial charge in [0.15, 0.2) is 5.79 Å². The van der Waals surface area contributed by atoms with Gasteiger partial charge >= 0.3 is 5.97 Å². The van der Waals surface area contributed by atoms with Gasteiger partial charge in [-0.1, -0.05) is 0 Å². The minimum Gasteiger partial charge on any atom is -0.466 e. The molecule has 0 bridgehead atoms. The topological polar surface area (TPSA) is 65.0 Å². The van der Waals surface area contributed by atoms with E-state index in [-0.39, 0.29) is 12.6 Å². The van der Waals surface area contributed by atoms with E-state index in [9.17, 15) is 4.79 Å². The van der Waals surface area contributed by atoms with Gasteiger partial charge < -0.3 is 19.3 Å². The highest BCUT2D eigenvalue weighted by Crippen LogP contribution is 2.31. The van der Waals surface area contributed by atoms with Crippen LogP contribution in [0.5, 0.6) is 0 Å². The van der Waals surface area contributed by atoms with E-state index in [1.54, 1.807) is 13.8 Å². The Bertz CT molecular complexity index is 235. The molecule has 17 heavy (non-hydrogen) atoms. The lowest BCUT2D eigenvalue weighted by atomic mass is 9.94. The van der Waals surface area contributed by atoms with Crippen LogP contribution in [-0.2, 0) is 19.0 Å². The van der Waals surface area contributed by atoms with E-state index >= 15 is 0 Å². The van der Waals surface area contributed by atoms with Gasteiger partial charge in [-0.3, -0.25) is 4.79 Å². The van der Waals surface area contributed by atoms with Gasteiger partial charge in [-0.2, -0.15) is 0 Å². The molecule has 5 heteroatoms. The number of aliphatic hydroxyl groups is 1. The van der Waals surface area contributed by atoms with Crippen molar-refractivity contribution in [3.63, 3.8) is 0 Å². The molecule has 0 aromatic heterocycles. The molecule has 0 spiro atoms. The molecule has 0 saturated carbocycles. The second-order valence-electron chi connectivity index (χ2n) is 4.24. The number of rotatable bonds is 6. The van der Waals surface area contributed by atoms with Crippen LogP contribution < -0.4 is 0 Å². The molecule has 0 aromatic rings. The summed E-state index contributed by atoms with van der Waals surface area (Å²) in [5.74, 6) is -1.71. The van der Waals surface area contributed by atoms with Crippen molar-refractivity contribution in [3.8, 4) is 0 Å². The molecule has 1 atom stereocenters. The quantitative estimate of drug-likeness (QED) is 0.711. The molecule has 0 radical (unpaired) electrons. The summed E-state index contributed by atoms with van der Waals surface area (Å²) in [5.41, 5.74) is 0. The summed E-state index contributed by atoms with van der Waals surface area (Å²) in [6.07, 6.45) is 1.88. The fraction of sp³-hybridized carbons (Fsp3) is 0.917. The van der Waals surface area contributed by atoms with Crippen molar-refractivity contribution in [1.29, 1.82) is 0 Å². The molecule has 5 nitrogen and oxygen atoms in total. The number of hydrogen-bond acceptors (Lipinski definition) is 5. The van der Waals surface area contributed by atoms with Gasteiger partial charge in [0.2, 0.25) is 0 Å². The Morgan fingerprint density at radius 2 is 2.12 bits per heavy atom. The zero-order valence-corrected chi connectivity index (χ0v) is 10.6. The Morgan fingerprint density at radius 3 is 2.65 bits per heavy atom. The first-order valence-corrected chi connectivity index (χ1v) is 6.19. The van der Waals surface area contributed by atoms with E-state index in [2.05, 4.69) is 0 Å². The Morgan fingerprint density at radius 1 is 1.47 bits per heavy atom. The molecule has 0 aliphatic carbocycles. The van der Waals surface area contributed by atoms with Gasteiger partial charge in [-0.15, -0.1) is 0 Å². The smallest absolute Gasteiger partial charge is 0.314 e. The second-order valence-corrected chi connectivity index (χ2v) is 4.24. The molecule has 1 rings (SSSR count). The Hall–Kier alpha value is -0.650. The van der Waals surface area contributed by atoms with Crippen LogP contribution in [-0.4, -0.2) is 43.3 Å². The van der Waals surface area contributed by atoms with Crippen LogP contribution in [0.15, 0.2) is 0 Å². The summed E-state index contributed by atoms with van der Waals surface area (Å²) in [6.45, 7) is 5.10. The minimum atomic E-state index is -0.917. The third-order valence-electron chi connectivity index (χ3n) is 2.92. The van der Waals surface area contributed by atoms with Gasteiger partial charge in [0.1, 0.15) is 5.92 Å². The van der Waals surface area contributed by atoms with Crippen molar-refractivity contribution in [2.45, 2.75) is 38.9 Å². The van der Waals surface area contributed by atoms with Crippen LogP contribution in [0, 0.1) is 5.92 Å².